The number of rotatable bonds is 3. The molecule has 0 radical (unpaired) electrons. The van der Waals surface area contributed by atoms with Crippen LogP contribution in [-0.4, -0.2) is 25.1 Å². The number of hydrogen-bond acceptors (Lipinski definition) is 3. The minimum absolute atomic E-state index is 0.225. The molecule has 5 heteroatoms. The van der Waals surface area contributed by atoms with Crippen LogP contribution in [0, 0.1) is 0 Å². The summed E-state index contributed by atoms with van der Waals surface area (Å²) in [4.78, 5) is 16.2. The molecule has 1 N–H and O–H groups in total. The molecule has 0 aliphatic carbocycles. The fourth-order valence-corrected chi connectivity index (χ4v) is 2.68. The molecule has 2 amide bonds. The fourth-order valence-electron chi connectivity index (χ4n) is 2.38. The van der Waals surface area contributed by atoms with Crippen molar-refractivity contribution in [3.63, 3.8) is 0 Å². The highest BCUT2D eigenvalue weighted by atomic mass is 32.1. The largest absolute Gasteiger partial charge is 0.378 e. The van der Waals surface area contributed by atoms with Crippen LogP contribution >= 0.6 is 12.2 Å². The second-order valence-corrected chi connectivity index (χ2v) is 5.84. The SMILES string of the molecule is CN(C)c1ccc(/C=C2/NC(=O)N(c3ccccc3)C2=S)cc1. The van der Waals surface area contributed by atoms with Crippen LogP contribution in [0.2, 0.25) is 0 Å². The first kappa shape index (κ1) is 15.2. The molecule has 0 unspecified atom stereocenters. The second-order valence-electron chi connectivity index (χ2n) is 5.45. The predicted molar refractivity (Wildman–Crippen MR) is 98.8 cm³/mol. The van der Waals surface area contributed by atoms with Crippen LogP contribution in [0.3, 0.4) is 0 Å². The van der Waals surface area contributed by atoms with Gasteiger partial charge in [-0.15, -0.1) is 0 Å². The summed E-state index contributed by atoms with van der Waals surface area (Å²) in [5, 5.41) is 2.83. The molecule has 3 rings (SSSR count). The average Bonchev–Trinajstić information content (AvgIpc) is 2.82. The average molecular weight is 323 g/mol. The summed E-state index contributed by atoms with van der Waals surface area (Å²) in [5.74, 6) is 0. The van der Waals surface area contributed by atoms with Gasteiger partial charge in [0, 0.05) is 19.8 Å². The smallest absolute Gasteiger partial charge is 0.331 e. The summed E-state index contributed by atoms with van der Waals surface area (Å²) >= 11 is 5.45. The number of carbonyl (C=O) groups is 1. The zero-order chi connectivity index (χ0) is 16.4. The van der Waals surface area contributed by atoms with E-state index in [1.54, 1.807) is 0 Å². The van der Waals surface area contributed by atoms with E-state index in [1.165, 1.54) is 4.90 Å². The van der Waals surface area contributed by atoms with Crippen molar-refractivity contribution in [1.29, 1.82) is 0 Å². The Kier molecular flexibility index (Phi) is 4.12. The highest BCUT2D eigenvalue weighted by Crippen LogP contribution is 2.23. The molecule has 0 aromatic heterocycles. The molecule has 2 aromatic rings. The molecule has 2 aromatic carbocycles. The van der Waals surface area contributed by atoms with Crippen LogP contribution in [0.1, 0.15) is 5.56 Å². The summed E-state index contributed by atoms with van der Waals surface area (Å²) < 4.78 is 0. The zero-order valence-corrected chi connectivity index (χ0v) is 13.8. The molecule has 1 fully saturated rings. The molecular formula is C18H17N3OS. The third-order valence-electron chi connectivity index (χ3n) is 3.61. The van der Waals surface area contributed by atoms with Gasteiger partial charge in [0.1, 0.15) is 4.99 Å². The minimum Gasteiger partial charge on any atom is -0.378 e. The number of nitrogens with one attached hydrogen (secondary N) is 1. The van der Waals surface area contributed by atoms with Crippen molar-refractivity contribution in [1.82, 2.24) is 5.32 Å². The van der Waals surface area contributed by atoms with Crippen molar-refractivity contribution < 1.29 is 4.79 Å². The van der Waals surface area contributed by atoms with E-state index in [2.05, 4.69) is 5.32 Å². The number of thiocarbonyl (C=S) groups is 1. The molecule has 1 aliphatic rings. The normalized spacial score (nSPS) is 15.9. The highest BCUT2D eigenvalue weighted by Gasteiger charge is 2.31. The number of hydrogen-bond donors (Lipinski definition) is 1. The predicted octanol–water partition coefficient (Wildman–Crippen LogP) is 3.65. The zero-order valence-electron chi connectivity index (χ0n) is 13.0. The molecule has 0 bridgehead atoms. The minimum atomic E-state index is -0.225. The number of anilines is 2. The molecule has 1 heterocycles. The number of benzene rings is 2. The summed E-state index contributed by atoms with van der Waals surface area (Å²) in [7, 11) is 4.00. The third kappa shape index (κ3) is 3.10. The Morgan fingerprint density at radius 1 is 1.04 bits per heavy atom. The van der Waals surface area contributed by atoms with Gasteiger partial charge >= 0.3 is 6.03 Å². The molecule has 1 aliphatic heterocycles. The number of urea groups is 1. The molecule has 0 saturated carbocycles. The second kappa shape index (κ2) is 6.22. The van der Waals surface area contributed by atoms with Gasteiger partial charge in [0.05, 0.1) is 11.4 Å². The summed E-state index contributed by atoms with van der Waals surface area (Å²) in [6, 6.07) is 17.2. The van der Waals surface area contributed by atoms with Gasteiger partial charge in [-0.25, -0.2) is 4.79 Å². The number of para-hydroxylation sites is 1. The van der Waals surface area contributed by atoms with Gasteiger partial charge in [-0.05, 0) is 35.9 Å². The van der Waals surface area contributed by atoms with Gasteiger partial charge in [0.2, 0.25) is 0 Å². The molecule has 0 spiro atoms. The molecule has 1 saturated heterocycles. The third-order valence-corrected chi connectivity index (χ3v) is 4.02. The topological polar surface area (TPSA) is 35.6 Å². The Morgan fingerprint density at radius 2 is 1.70 bits per heavy atom. The van der Waals surface area contributed by atoms with Gasteiger partial charge in [0.15, 0.2) is 0 Å². The molecule has 0 atom stereocenters. The van der Waals surface area contributed by atoms with Crippen molar-refractivity contribution in [2.24, 2.45) is 0 Å². The maximum Gasteiger partial charge on any atom is 0.331 e. The summed E-state index contributed by atoms with van der Waals surface area (Å²) in [5.41, 5.74) is 3.52. The van der Waals surface area contributed by atoms with Crippen molar-refractivity contribution in [3.05, 3.63) is 65.9 Å². The van der Waals surface area contributed by atoms with Crippen LogP contribution < -0.4 is 15.1 Å². The van der Waals surface area contributed by atoms with E-state index in [0.29, 0.717) is 10.7 Å². The van der Waals surface area contributed by atoms with E-state index in [4.69, 9.17) is 12.2 Å². The lowest BCUT2D eigenvalue weighted by Gasteiger charge is -2.13. The van der Waals surface area contributed by atoms with E-state index in [0.717, 1.165) is 16.9 Å². The van der Waals surface area contributed by atoms with Gasteiger partial charge in [-0.2, -0.15) is 0 Å². The lowest BCUT2D eigenvalue weighted by atomic mass is 10.1. The van der Waals surface area contributed by atoms with Crippen molar-refractivity contribution >= 4 is 40.7 Å². The Bertz CT molecular complexity index is 767. The Labute approximate surface area is 141 Å². The van der Waals surface area contributed by atoms with E-state index in [-0.39, 0.29) is 6.03 Å². The molecule has 4 nitrogen and oxygen atoms in total. The number of nitrogens with zero attached hydrogens (tertiary/aromatic N) is 2. The van der Waals surface area contributed by atoms with Gasteiger partial charge < -0.3 is 10.2 Å². The van der Waals surface area contributed by atoms with E-state index in [1.807, 2.05) is 79.7 Å². The van der Waals surface area contributed by atoms with Crippen LogP contribution in [-0.2, 0) is 0 Å². The highest BCUT2D eigenvalue weighted by molar-refractivity contribution is 7.81. The monoisotopic (exact) mass is 323 g/mol. The summed E-state index contributed by atoms with van der Waals surface area (Å²) in [6.45, 7) is 0. The first-order valence-corrected chi connectivity index (χ1v) is 7.66. The number of carbonyl (C=O) groups excluding carboxylic acids is 1. The quantitative estimate of drug-likeness (QED) is 0.692. The molecular weight excluding hydrogens is 306 g/mol. The lowest BCUT2D eigenvalue weighted by molar-refractivity contribution is 0.253. The lowest BCUT2D eigenvalue weighted by Crippen LogP contribution is -2.29. The van der Waals surface area contributed by atoms with Crippen molar-refractivity contribution in [2.45, 2.75) is 0 Å². The van der Waals surface area contributed by atoms with Crippen LogP contribution in [0.25, 0.3) is 6.08 Å². The molecule has 116 valence electrons. The Hall–Kier alpha value is -2.66. The van der Waals surface area contributed by atoms with Crippen LogP contribution in [0.15, 0.2) is 60.3 Å². The van der Waals surface area contributed by atoms with E-state index >= 15 is 0 Å². The number of amides is 2. The van der Waals surface area contributed by atoms with Gasteiger partial charge in [-0.3, -0.25) is 4.90 Å². The van der Waals surface area contributed by atoms with E-state index in [9.17, 15) is 4.79 Å². The summed E-state index contributed by atoms with van der Waals surface area (Å²) in [6.07, 6.45) is 1.89. The maximum atomic E-state index is 12.2. The fraction of sp³-hybridized carbons (Fsp3) is 0.111. The van der Waals surface area contributed by atoms with Crippen molar-refractivity contribution in [3.8, 4) is 0 Å². The van der Waals surface area contributed by atoms with Crippen molar-refractivity contribution in [2.75, 3.05) is 23.9 Å². The molecule has 23 heavy (non-hydrogen) atoms. The van der Waals surface area contributed by atoms with Gasteiger partial charge in [0.25, 0.3) is 0 Å². The first-order chi connectivity index (χ1) is 11.1. The van der Waals surface area contributed by atoms with Crippen LogP contribution in [0.5, 0.6) is 0 Å². The van der Waals surface area contributed by atoms with Gasteiger partial charge in [-0.1, -0.05) is 42.5 Å². The first-order valence-electron chi connectivity index (χ1n) is 7.26. The van der Waals surface area contributed by atoms with E-state index < -0.39 is 0 Å². The Balaban J connectivity index is 1.87. The Morgan fingerprint density at radius 3 is 2.30 bits per heavy atom. The van der Waals surface area contributed by atoms with Crippen LogP contribution in [0.4, 0.5) is 16.2 Å². The standard InChI is InChI=1S/C18H17N3OS/c1-20(2)14-10-8-13(9-11-14)12-16-17(23)21(18(22)19-16)15-6-4-3-5-7-15/h3-12H,1-2H3,(H,19,22)/b16-12+. The maximum absolute atomic E-state index is 12.2.